The van der Waals surface area contributed by atoms with Crippen LogP contribution in [0.15, 0.2) is 6.33 Å². The molecule has 0 amide bonds. The van der Waals surface area contributed by atoms with Gasteiger partial charge in [0.05, 0.1) is 0 Å². The van der Waals surface area contributed by atoms with E-state index in [0.29, 0.717) is 0 Å². The first kappa shape index (κ1) is 6.58. The summed E-state index contributed by atoms with van der Waals surface area (Å²) in [6.07, 6.45) is 1.63. The predicted molar refractivity (Wildman–Crippen MR) is 43.7 cm³/mol. The molecule has 1 aromatic heterocycles. The summed E-state index contributed by atoms with van der Waals surface area (Å²) in [6.45, 7) is 6.39. The van der Waals surface area contributed by atoms with Gasteiger partial charge < -0.3 is 4.90 Å². The lowest BCUT2D eigenvalue weighted by Gasteiger charge is -2.05. The van der Waals surface area contributed by atoms with E-state index in [2.05, 4.69) is 21.8 Å². The second kappa shape index (κ2) is 2.19. The van der Waals surface area contributed by atoms with Crippen LogP contribution in [-0.2, 0) is 0 Å². The molecule has 0 spiro atoms. The molecule has 0 unspecified atom stereocenters. The summed E-state index contributed by atoms with van der Waals surface area (Å²) in [5.41, 5.74) is 2.30. The van der Waals surface area contributed by atoms with Crippen molar-refractivity contribution in [2.75, 3.05) is 18.0 Å². The van der Waals surface area contributed by atoms with E-state index in [9.17, 15) is 0 Å². The van der Waals surface area contributed by atoms with Gasteiger partial charge in [-0.2, -0.15) is 0 Å². The molecule has 0 aromatic carbocycles. The van der Waals surface area contributed by atoms with Gasteiger partial charge in [-0.1, -0.05) is 0 Å². The number of anilines is 1. The summed E-state index contributed by atoms with van der Waals surface area (Å²) in [5.74, 6) is 1.11. The van der Waals surface area contributed by atoms with Crippen LogP contribution in [0.25, 0.3) is 0 Å². The molecule has 11 heavy (non-hydrogen) atoms. The Morgan fingerprint density at radius 1 is 1.27 bits per heavy atom. The monoisotopic (exact) mass is 149 g/mol. The molecule has 0 aliphatic carbocycles. The number of aromatic nitrogens is 2. The first-order chi connectivity index (χ1) is 5.29. The number of hydrogen-bond acceptors (Lipinski definition) is 3. The van der Waals surface area contributed by atoms with Crippen LogP contribution in [0.3, 0.4) is 0 Å². The minimum atomic E-state index is 1.09. The maximum absolute atomic E-state index is 4.22. The predicted octanol–water partition coefficient (Wildman–Crippen LogP) is 0.913. The van der Waals surface area contributed by atoms with Crippen LogP contribution in [0.2, 0.25) is 0 Å². The summed E-state index contributed by atoms with van der Waals surface area (Å²) in [6, 6.07) is 0. The Morgan fingerprint density at radius 2 is 2.00 bits per heavy atom. The van der Waals surface area contributed by atoms with Crippen molar-refractivity contribution in [2.24, 2.45) is 0 Å². The van der Waals surface area contributed by atoms with E-state index in [1.807, 2.05) is 6.92 Å². The molecule has 58 valence electrons. The van der Waals surface area contributed by atoms with Crippen LogP contribution in [0.4, 0.5) is 5.82 Å². The Kier molecular flexibility index (Phi) is 1.31. The van der Waals surface area contributed by atoms with Crippen LogP contribution < -0.4 is 4.90 Å². The summed E-state index contributed by atoms with van der Waals surface area (Å²) >= 11 is 0. The topological polar surface area (TPSA) is 28.8 Å². The Bertz CT molecular complexity index is 279. The number of hydrogen-bond donors (Lipinski definition) is 0. The summed E-state index contributed by atoms with van der Waals surface area (Å²) in [4.78, 5) is 10.6. The molecule has 0 saturated carbocycles. The third-order valence-corrected chi connectivity index (χ3v) is 2.06. The van der Waals surface area contributed by atoms with Crippen LogP contribution in [0, 0.1) is 13.8 Å². The molecular formula is C8H11N3. The maximum Gasteiger partial charge on any atom is 0.135 e. The summed E-state index contributed by atoms with van der Waals surface area (Å²) in [7, 11) is 0. The van der Waals surface area contributed by atoms with Crippen molar-refractivity contribution in [1.82, 2.24) is 9.97 Å². The molecule has 1 fully saturated rings. The van der Waals surface area contributed by atoms with Crippen molar-refractivity contribution in [3.8, 4) is 0 Å². The van der Waals surface area contributed by atoms with Crippen molar-refractivity contribution in [1.29, 1.82) is 0 Å². The van der Waals surface area contributed by atoms with Crippen LogP contribution >= 0.6 is 0 Å². The van der Waals surface area contributed by atoms with E-state index >= 15 is 0 Å². The minimum absolute atomic E-state index is 1.09. The second-order valence-electron chi connectivity index (χ2n) is 2.89. The fourth-order valence-electron chi connectivity index (χ4n) is 1.11. The SMILES string of the molecule is Cc1ncnc(N2CC2)c1C. The number of rotatable bonds is 1. The van der Waals surface area contributed by atoms with Crippen molar-refractivity contribution in [3.05, 3.63) is 17.6 Å². The molecule has 3 nitrogen and oxygen atoms in total. The van der Waals surface area contributed by atoms with Gasteiger partial charge in [-0.3, -0.25) is 0 Å². The standard InChI is InChI=1S/C8H11N3/c1-6-7(2)9-5-10-8(6)11-3-4-11/h5H,3-4H2,1-2H3. The molecular weight excluding hydrogens is 138 g/mol. The van der Waals surface area contributed by atoms with Gasteiger partial charge in [0.25, 0.3) is 0 Å². The first-order valence-electron chi connectivity index (χ1n) is 3.82. The van der Waals surface area contributed by atoms with E-state index in [1.54, 1.807) is 6.33 Å². The van der Waals surface area contributed by atoms with Crippen molar-refractivity contribution < 1.29 is 0 Å². The lowest BCUT2D eigenvalue weighted by molar-refractivity contribution is 1.04. The molecule has 0 N–H and O–H groups in total. The number of nitrogens with zero attached hydrogens (tertiary/aromatic N) is 3. The Morgan fingerprint density at radius 3 is 2.64 bits per heavy atom. The van der Waals surface area contributed by atoms with Gasteiger partial charge in [-0.25, -0.2) is 9.97 Å². The molecule has 0 radical (unpaired) electrons. The van der Waals surface area contributed by atoms with Crippen LogP contribution in [-0.4, -0.2) is 23.1 Å². The van der Waals surface area contributed by atoms with E-state index in [0.717, 1.165) is 24.6 Å². The summed E-state index contributed by atoms with van der Waals surface area (Å²) in [5, 5.41) is 0. The Labute approximate surface area is 66.1 Å². The van der Waals surface area contributed by atoms with Gasteiger partial charge in [0, 0.05) is 24.3 Å². The van der Waals surface area contributed by atoms with E-state index in [4.69, 9.17) is 0 Å². The molecule has 1 aliphatic heterocycles. The third-order valence-electron chi connectivity index (χ3n) is 2.06. The molecule has 0 bridgehead atoms. The Balaban J connectivity index is 2.45. The van der Waals surface area contributed by atoms with Crippen molar-refractivity contribution in [2.45, 2.75) is 13.8 Å². The molecule has 3 heteroatoms. The zero-order valence-electron chi connectivity index (χ0n) is 6.83. The zero-order chi connectivity index (χ0) is 7.84. The Hall–Kier alpha value is -1.12. The first-order valence-corrected chi connectivity index (χ1v) is 3.82. The van der Waals surface area contributed by atoms with E-state index < -0.39 is 0 Å². The van der Waals surface area contributed by atoms with E-state index in [1.165, 1.54) is 5.56 Å². The highest BCUT2D eigenvalue weighted by Crippen LogP contribution is 2.22. The fourth-order valence-corrected chi connectivity index (χ4v) is 1.11. The highest BCUT2D eigenvalue weighted by atomic mass is 15.3. The lowest BCUT2D eigenvalue weighted by Crippen LogP contribution is -2.00. The summed E-state index contributed by atoms with van der Waals surface area (Å²) < 4.78 is 0. The van der Waals surface area contributed by atoms with Crippen LogP contribution in [0.1, 0.15) is 11.3 Å². The third kappa shape index (κ3) is 1.06. The van der Waals surface area contributed by atoms with Crippen molar-refractivity contribution in [3.63, 3.8) is 0 Å². The smallest absolute Gasteiger partial charge is 0.135 e. The second-order valence-corrected chi connectivity index (χ2v) is 2.89. The minimum Gasteiger partial charge on any atom is -0.353 e. The quantitative estimate of drug-likeness (QED) is 0.556. The van der Waals surface area contributed by atoms with Crippen LogP contribution in [0.5, 0.6) is 0 Å². The maximum atomic E-state index is 4.22. The normalized spacial score (nSPS) is 15.3. The lowest BCUT2D eigenvalue weighted by atomic mass is 10.2. The van der Waals surface area contributed by atoms with E-state index in [-0.39, 0.29) is 0 Å². The van der Waals surface area contributed by atoms with Crippen molar-refractivity contribution >= 4 is 5.82 Å². The molecule has 1 aliphatic rings. The molecule has 2 rings (SSSR count). The average Bonchev–Trinajstić information content (AvgIpc) is 2.77. The molecule has 2 heterocycles. The van der Waals surface area contributed by atoms with Gasteiger partial charge in [0.2, 0.25) is 0 Å². The van der Waals surface area contributed by atoms with Gasteiger partial charge in [0.15, 0.2) is 0 Å². The van der Waals surface area contributed by atoms with Gasteiger partial charge in [-0.15, -0.1) is 0 Å². The van der Waals surface area contributed by atoms with Gasteiger partial charge in [-0.05, 0) is 13.8 Å². The average molecular weight is 149 g/mol. The highest BCUT2D eigenvalue weighted by molar-refractivity contribution is 5.51. The molecule has 1 aromatic rings. The van der Waals surface area contributed by atoms with Gasteiger partial charge >= 0.3 is 0 Å². The fraction of sp³-hybridized carbons (Fsp3) is 0.500. The molecule has 0 atom stereocenters. The zero-order valence-corrected chi connectivity index (χ0v) is 6.83. The highest BCUT2D eigenvalue weighted by Gasteiger charge is 2.21. The number of aryl methyl sites for hydroxylation is 1. The largest absolute Gasteiger partial charge is 0.353 e. The molecule has 1 saturated heterocycles. The van der Waals surface area contributed by atoms with Gasteiger partial charge in [0.1, 0.15) is 12.1 Å².